The molecule has 0 heterocycles. The fourth-order valence-corrected chi connectivity index (χ4v) is 1.85. The third kappa shape index (κ3) is 13.2. The number of rotatable bonds is 11. The summed E-state index contributed by atoms with van der Waals surface area (Å²) in [5.74, 6) is 1.04. The molecule has 0 aliphatic carbocycles. The van der Waals surface area contributed by atoms with Crippen molar-refractivity contribution in [1.29, 1.82) is 0 Å². The number of Topliss-reactive ketones (excluding diaryl/α,β-unsaturated/α-hetero) is 1. The maximum absolute atomic E-state index is 11.4. The van der Waals surface area contributed by atoms with Crippen LogP contribution in [0.1, 0.15) is 72.1 Å². The molecule has 0 saturated heterocycles. The van der Waals surface area contributed by atoms with Gasteiger partial charge in [0.1, 0.15) is 5.78 Å². The van der Waals surface area contributed by atoms with Crippen LogP contribution in [0.3, 0.4) is 0 Å². The van der Waals surface area contributed by atoms with Crippen LogP contribution in [-0.2, 0) is 9.59 Å². The summed E-state index contributed by atoms with van der Waals surface area (Å²) in [5.41, 5.74) is 0. The molecule has 0 saturated carbocycles. The van der Waals surface area contributed by atoms with Crippen LogP contribution in [0.25, 0.3) is 0 Å². The van der Waals surface area contributed by atoms with Crippen LogP contribution in [0.15, 0.2) is 0 Å². The van der Waals surface area contributed by atoms with Gasteiger partial charge in [-0.15, -0.1) is 0 Å². The number of hydrogen-bond donors (Lipinski definition) is 1. The van der Waals surface area contributed by atoms with E-state index in [2.05, 4.69) is 19.2 Å². The molecule has 0 bridgehead atoms. The number of amides is 1. The van der Waals surface area contributed by atoms with Crippen molar-refractivity contribution in [2.24, 2.45) is 5.92 Å². The molecular formula is C15H29NO2. The summed E-state index contributed by atoms with van der Waals surface area (Å²) in [7, 11) is 0. The molecule has 0 aromatic heterocycles. The van der Waals surface area contributed by atoms with E-state index in [-0.39, 0.29) is 11.7 Å². The molecule has 3 heteroatoms. The van der Waals surface area contributed by atoms with Crippen LogP contribution < -0.4 is 5.32 Å². The summed E-state index contributed by atoms with van der Waals surface area (Å²) < 4.78 is 0. The lowest BCUT2D eigenvalue weighted by atomic mass is 10.0. The van der Waals surface area contributed by atoms with Gasteiger partial charge in [-0.2, -0.15) is 0 Å². The van der Waals surface area contributed by atoms with Gasteiger partial charge in [0, 0.05) is 19.4 Å². The first-order valence-electron chi connectivity index (χ1n) is 7.28. The van der Waals surface area contributed by atoms with Gasteiger partial charge in [0.15, 0.2) is 0 Å². The Labute approximate surface area is 112 Å². The highest BCUT2D eigenvalue weighted by atomic mass is 16.1. The first kappa shape index (κ1) is 17.1. The van der Waals surface area contributed by atoms with Crippen LogP contribution in [-0.4, -0.2) is 18.2 Å². The zero-order valence-corrected chi connectivity index (χ0v) is 12.3. The molecule has 3 nitrogen and oxygen atoms in total. The van der Waals surface area contributed by atoms with Gasteiger partial charge < -0.3 is 10.1 Å². The normalized spacial score (nSPS) is 10.7. The molecule has 0 unspecified atom stereocenters. The zero-order chi connectivity index (χ0) is 13.8. The molecule has 1 N–H and O–H groups in total. The first-order chi connectivity index (χ1) is 8.52. The summed E-state index contributed by atoms with van der Waals surface area (Å²) in [5, 5.41) is 2.91. The Morgan fingerprint density at radius 2 is 1.61 bits per heavy atom. The summed E-state index contributed by atoms with van der Waals surface area (Å²) in [6, 6.07) is 0. The van der Waals surface area contributed by atoms with Gasteiger partial charge in [0.05, 0.1) is 0 Å². The second kappa shape index (κ2) is 11.2. The van der Waals surface area contributed by atoms with Gasteiger partial charge in [0.2, 0.25) is 5.91 Å². The van der Waals surface area contributed by atoms with E-state index in [0.29, 0.717) is 19.3 Å². The Morgan fingerprint density at radius 1 is 0.944 bits per heavy atom. The third-order valence-electron chi connectivity index (χ3n) is 2.96. The van der Waals surface area contributed by atoms with E-state index in [0.717, 1.165) is 18.9 Å². The van der Waals surface area contributed by atoms with E-state index in [9.17, 15) is 9.59 Å². The van der Waals surface area contributed by atoms with Crippen molar-refractivity contribution in [3.63, 3.8) is 0 Å². The van der Waals surface area contributed by atoms with Crippen molar-refractivity contribution in [3.8, 4) is 0 Å². The molecule has 0 rings (SSSR count). The number of unbranched alkanes of at least 4 members (excludes halogenated alkanes) is 3. The molecule has 0 radical (unpaired) electrons. The van der Waals surface area contributed by atoms with Crippen LogP contribution in [0.2, 0.25) is 0 Å². The number of carbonyl (C=O) groups is 2. The summed E-state index contributed by atoms with van der Waals surface area (Å²) >= 11 is 0. The monoisotopic (exact) mass is 255 g/mol. The smallest absolute Gasteiger partial charge is 0.220 e. The van der Waals surface area contributed by atoms with E-state index < -0.39 is 0 Å². The molecule has 0 aliphatic rings. The fraction of sp³-hybridized carbons (Fsp3) is 0.867. The van der Waals surface area contributed by atoms with E-state index in [4.69, 9.17) is 0 Å². The van der Waals surface area contributed by atoms with E-state index >= 15 is 0 Å². The number of hydrogen-bond acceptors (Lipinski definition) is 2. The Hall–Kier alpha value is -0.860. The predicted molar refractivity (Wildman–Crippen MR) is 75.5 cm³/mol. The lowest BCUT2D eigenvalue weighted by molar-refractivity contribution is -0.121. The first-order valence-corrected chi connectivity index (χ1v) is 7.28. The Kier molecular flexibility index (Phi) is 10.7. The van der Waals surface area contributed by atoms with Crippen molar-refractivity contribution < 1.29 is 9.59 Å². The minimum Gasteiger partial charge on any atom is -0.356 e. The Bertz CT molecular complexity index is 237. The van der Waals surface area contributed by atoms with Crippen LogP contribution in [0.5, 0.6) is 0 Å². The molecule has 0 aromatic carbocycles. The zero-order valence-electron chi connectivity index (χ0n) is 12.3. The van der Waals surface area contributed by atoms with E-state index in [1.54, 1.807) is 6.92 Å². The number of nitrogens with one attached hydrogen (secondary N) is 1. The van der Waals surface area contributed by atoms with Crippen molar-refractivity contribution in [3.05, 3.63) is 0 Å². The van der Waals surface area contributed by atoms with Crippen molar-refractivity contribution >= 4 is 11.7 Å². The van der Waals surface area contributed by atoms with Gasteiger partial charge >= 0.3 is 0 Å². The molecular weight excluding hydrogens is 226 g/mol. The van der Waals surface area contributed by atoms with Gasteiger partial charge in [-0.1, -0.05) is 39.5 Å². The lowest BCUT2D eigenvalue weighted by Gasteiger charge is -2.06. The highest BCUT2D eigenvalue weighted by Gasteiger charge is 2.01. The maximum atomic E-state index is 11.4. The topological polar surface area (TPSA) is 46.2 Å². The largest absolute Gasteiger partial charge is 0.356 e. The average molecular weight is 255 g/mol. The summed E-state index contributed by atoms with van der Waals surface area (Å²) in [4.78, 5) is 22.1. The van der Waals surface area contributed by atoms with Gasteiger partial charge in [0.25, 0.3) is 0 Å². The van der Waals surface area contributed by atoms with Crippen LogP contribution in [0.4, 0.5) is 0 Å². The summed E-state index contributed by atoms with van der Waals surface area (Å²) in [6.07, 6.45) is 7.79. The maximum Gasteiger partial charge on any atom is 0.220 e. The SMILES string of the molecule is CC(=O)CCCC(=O)NCCCCCCC(C)C. The third-order valence-corrected chi connectivity index (χ3v) is 2.96. The Morgan fingerprint density at radius 3 is 2.22 bits per heavy atom. The molecule has 18 heavy (non-hydrogen) atoms. The molecule has 106 valence electrons. The van der Waals surface area contributed by atoms with Crippen molar-refractivity contribution in [2.75, 3.05) is 6.54 Å². The molecule has 0 spiro atoms. The lowest BCUT2D eigenvalue weighted by Crippen LogP contribution is -2.24. The predicted octanol–water partition coefficient (Wildman–Crippen LogP) is 3.47. The number of ketones is 1. The highest BCUT2D eigenvalue weighted by Crippen LogP contribution is 2.08. The second-order valence-corrected chi connectivity index (χ2v) is 5.50. The van der Waals surface area contributed by atoms with Gasteiger partial charge in [-0.05, 0) is 25.7 Å². The highest BCUT2D eigenvalue weighted by molar-refractivity contribution is 5.78. The molecule has 1 amide bonds. The second-order valence-electron chi connectivity index (χ2n) is 5.50. The molecule has 0 atom stereocenters. The Balaban J connectivity index is 3.22. The summed E-state index contributed by atoms with van der Waals surface area (Å²) in [6.45, 7) is 6.85. The minimum atomic E-state index is 0.0819. The van der Waals surface area contributed by atoms with Crippen molar-refractivity contribution in [2.45, 2.75) is 72.1 Å². The van der Waals surface area contributed by atoms with Crippen LogP contribution >= 0.6 is 0 Å². The van der Waals surface area contributed by atoms with E-state index in [1.165, 1.54) is 25.7 Å². The quantitative estimate of drug-likeness (QED) is 0.575. The van der Waals surface area contributed by atoms with Gasteiger partial charge in [-0.3, -0.25) is 4.79 Å². The average Bonchev–Trinajstić information content (AvgIpc) is 2.26. The van der Waals surface area contributed by atoms with Gasteiger partial charge in [-0.25, -0.2) is 0 Å². The number of carbonyl (C=O) groups excluding carboxylic acids is 2. The van der Waals surface area contributed by atoms with Crippen LogP contribution in [0, 0.1) is 5.92 Å². The van der Waals surface area contributed by atoms with E-state index in [1.807, 2.05) is 0 Å². The molecule has 0 aliphatic heterocycles. The minimum absolute atomic E-state index is 0.0819. The molecule has 0 aromatic rings. The standard InChI is InChI=1S/C15H29NO2/c1-13(2)9-6-4-5-7-12-16-15(18)11-8-10-14(3)17/h13H,4-12H2,1-3H3,(H,16,18). The molecule has 0 fully saturated rings. The van der Waals surface area contributed by atoms with Crippen molar-refractivity contribution in [1.82, 2.24) is 5.32 Å². The fourth-order valence-electron chi connectivity index (χ4n) is 1.85.